The van der Waals surface area contributed by atoms with E-state index in [2.05, 4.69) is 21.7 Å². The highest BCUT2D eigenvalue weighted by Crippen LogP contribution is 1.86. The summed E-state index contributed by atoms with van der Waals surface area (Å²) in [5, 5.41) is 1.04. The van der Waals surface area contributed by atoms with Crippen molar-refractivity contribution in [1.29, 1.82) is 0 Å². The molecule has 1 heteroatoms. The van der Waals surface area contributed by atoms with Crippen LogP contribution in [-0.2, 0) is 0 Å². The highest BCUT2D eigenvalue weighted by Gasteiger charge is 1.66. The molecule has 0 aliphatic rings. The molecule has 0 aromatic rings. The van der Waals surface area contributed by atoms with Gasteiger partial charge >= 0.3 is 0 Å². The van der Waals surface area contributed by atoms with Gasteiger partial charge in [0.15, 0.2) is 0 Å². The number of allylic oxidation sites excluding steroid dienone is 1. The van der Waals surface area contributed by atoms with E-state index in [0.29, 0.717) is 0 Å². The van der Waals surface area contributed by atoms with E-state index in [9.17, 15) is 0 Å². The Labute approximate surface area is 53.1 Å². The molecule has 0 radical (unpaired) electrons. The number of alkyl halides is 1. The smallest absolute Gasteiger partial charge is 0.00719 e. The Morgan fingerprint density at radius 3 is 2.86 bits per heavy atom. The summed E-state index contributed by atoms with van der Waals surface area (Å²) in [6, 6.07) is 0. The maximum absolute atomic E-state index is 3.29. The molecule has 7 heavy (non-hydrogen) atoms. The summed E-state index contributed by atoms with van der Waals surface area (Å²) < 4.78 is 0. The number of hydrogen-bond acceptors (Lipinski definition) is 0. The summed E-state index contributed by atoms with van der Waals surface area (Å²) in [7, 11) is 0. The standard InChI is InChI=1S/C6H9Br/c1-2-3-4-5-6-7/h2,4H,5-6H2,1H3. The molecule has 0 aliphatic heterocycles. The lowest BCUT2D eigenvalue weighted by atomic mass is 10.4. The summed E-state index contributed by atoms with van der Waals surface area (Å²) in [5.41, 5.74) is 2.97. The summed E-state index contributed by atoms with van der Waals surface area (Å²) in [6.07, 6.45) is 4.99. The molecule has 0 atom stereocenters. The normalized spacial score (nSPS) is 7.14. The third-order valence-electron chi connectivity index (χ3n) is 0.538. The van der Waals surface area contributed by atoms with E-state index in [0.717, 1.165) is 11.8 Å². The Bertz CT molecular complexity index is 78.2. The number of hydrogen-bond donors (Lipinski definition) is 0. The molecule has 0 aliphatic carbocycles. The van der Waals surface area contributed by atoms with Crippen LogP contribution < -0.4 is 0 Å². The van der Waals surface area contributed by atoms with Gasteiger partial charge in [0.25, 0.3) is 0 Å². The van der Waals surface area contributed by atoms with E-state index in [4.69, 9.17) is 0 Å². The monoisotopic (exact) mass is 160 g/mol. The van der Waals surface area contributed by atoms with Gasteiger partial charge in [-0.05, 0) is 25.5 Å². The Balaban J connectivity index is 3.10. The Kier molecular flexibility index (Phi) is 6.00. The van der Waals surface area contributed by atoms with Crippen molar-refractivity contribution in [2.45, 2.75) is 13.3 Å². The lowest BCUT2D eigenvalue weighted by Crippen LogP contribution is -1.60. The van der Waals surface area contributed by atoms with Crippen molar-refractivity contribution in [3.05, 3.63) is 17.9 Å². The first kappa shape index (κ1) is 7.00. The summed E-state index contributed by atoms with van der Waals surface area (Å²) in [6.45, 7) is 1.96. The largest absolute Gasteiger partial charge is 0.130 e. The van der Waals surface area contributed by atoms with Crippen molar-refractivity contribution in [3.63, 3.8) is 0 Å². The van der Waals surface area contributed by atoms with Crippen LogP contribution in [0.25, 0.3) is 0 Å². The van der Waals surface area contributed by atoms with Gasteiger partial charge in [-0.2, -0.15) is 0 Å². The number of rotatable bonds is 2. The maximum atomic E-state index is 3.29. The molecule has 0 rings (SSSR count). The fraction of sp³-hybridized carbons (Fsp3) is 0.500. The van der Waals surface area contributed by atoms with E-state index in [1.807, 2.05) is 19.1 Å². The molecule has 0 fully saturated rings. The second kappa shape index (κ2) is 6.00. The van der Waals surface area contributed by atoms with E-state index in [1.54, 1.807) is 0 Å². The van der Waals surface area contributed by atoms with Crippen LogP contribution in [0.2, 0.25) is 0 Å². The van der Waals surface area contributed by atoms with Gasteiger partial charge in [0.1, 0.15) is 0 Å². The second-order valence-corrected chi connectivity index (χ2v) is 1.93. The first-order chi connectivity index (χ1) is 3.41. The average Bonchev–Trinajstić information content (AvgIpc) is 1.69. The third-order valence-corrected chi connectivity index (χ3v) is 0.996. The molecular weight excluding hydrogens is 152 g/mol. The van der Waals surface area contributed by atoms with Gasteiger partial charge in [-0.1, -0.05) is 15.9 Å². The molecule has 0 heterocycles. The average molecular weight is 161 g/mol. The molecule has 0 nitrogen and oxygen atoms in total. The van der Waals surface area contributed by atoms with Gasteiger partial charge < -0.3 is 0 Å². The summed E-state index contributed by atoms with van der Waals surface area (Å²) in [4.78, 5) is 0. The van der Waals surface area contributed by atoms with Crippen LogP contribution in [0.3, 0.4) is 0 Å². The minimum Gasteiger partial charge on any atom is -0.130 e. The minimum atomic E-state index is 1.04. The van der Waals surface area contributed by atoms with Crippen LogP contribution in [0.5, 0.6) is 0 Å². The van der Waals surface area contributed by atoms with Crippen LogP contribution in [0.1, 0.15) is 13.3 Å². The third kappa shape index (κ3) is 6.00. The van der Waals surface area contributed by atoms with Crippen LogP contribution in [0, 0.1) is 0 Å². The lowest BCUT2D eigenvalue weighted by molar-refractivity contribution is 1.26. The SMILES string of the molecule is CC=C=CCCBr. The van der Waals surface area contributed by atoms with Crippen molar-refractivity contribution in [1.82, 2.24) is 0 Å². The topological polar surface area (TPSA) is 0 Å². The van der Waals surface area contributed by atoms with Gasteiger partial charge in [0.05, 0.1) is 0 Å². The molecule has 0 aromatic heterocycles. The van der Waals surface area contributed by atoms with Crippen molar-refractivity contribution < 1.29 is 0 Å². The molecule has 0 amide bonds. The predicted molar refractivity (Wildman–Crippen MR) is 36.7 cm³/mol. The van der Waals surface area contributed by atoms with Gasteiger partial charge in [-0.3, -0.25) is 0 Å². The van der Waals surface area contributed by atoms with Gasteiger partial charge in [-0.25, -0.2) is 0 Å². The van der Waals surface area contributed by atoms with E-state index < -0.39 is 0 Å². The molecule has 0 saturated carbocycles. The molecule has 0 bridgehead atoms. The molecule has 0 saturated heterocycles. The van der Waals surface area contributed by atoms with Gasteiger partial charge in [0, 0.05) is 5.33 Å². The van der Waals surface area contributed by atoms with Crippen molar-refractivity contribution in [2.75, 3.05) is 5.33 Å². The van der Waals surface area contributed by atoms with Gasteiger partial charge in [-0.15, -0.1) is 5.73 Å². The first-order valence-electron chi connectivity index (χ1n) is 2.33. The molecule has 0 spiro atoms. The molecule has 0 aromatic carbocycles. The molecule has 0 N–H and O–H groups in total. The summed E-state index contributed by atoms with van der Waals surface area (Å²) >= 11 is 3.29. The fourth-order valence-corrected chi connectivity index (χ4v) is 0.485. The fourth-order valence-electron chi connectivity index (χ4n) is 0.256. The zero-order valence-corrected chi connectivity index (χ0v) is 6.03. The van der Waals surface area contributed by atoms with Crippen molar-refractivity contribution in [3.8, 4) is 0 Å². The van der Waals surface area contributed by atoms with Crippen LogP contribution in [0.15, 0.2) is 17.9 Å². The van der Waals surface area contributed by atoms with E-state index in [1.165, 1.54) is 0 Å². The van der Waals surface area contributed by atoms with Gasteiger partial charge in [0.2, 0.25) is 0 Å². The highest BCUT2D eigenvalue weighted by molar-refractivity contribution is 9.09. The van der Waals surface area contributed by atoms with Crippen molar-refractivity contribution in [2.24, 2.45) is 0 Å². The van der Waals surface area contributed by atoms with Crippen molar-refractivity contribution >= 4 is 15.9 Å². The minimum absolute atomic E-state index is 1.04. The highest BCUT2D eigenvalue weighted by atomic mass is 79.9. The molecule has 0 unspecified atom stereocenters. The Morgan fingerprint density at radius 2 is 2.43 bits per heavy atom. The Morgan fingerprint density at radius 1 is 1.71 bits per heavy atom. The predicted octanol–water partition coefficient (Wildman–Crippen LogP) is 2.50. The second-order valence-electron chi connectivity index (χ2n) is 1.14. The summed E-state index contributed by atoms with van der Waals surface area (Å²) in [5.74, 6) is 0. The van der Waals surface area contributed by atoms with Crippen LogP contribution in [-0.4, -0.2) is 5.33 Å². The molecule has 40 valence electrons. The van der Waals surface area contributed by atoms with E-state index in [-0.39, 0.29) is 0 Å². The zero-order chi connectivity index (χ0) is 5.54. The Hall–Kier alpha value is 0. The molecular formula is C6H9Br. The zero-order valence-electron chi connectivity index (χ0n) is 4.45. The van der Waals surface area contributed by atoms with Crippen LogP contribution in [0.4, 0.5) is 0 Å². The van der Waals surface area contributed by atoms with Crippen LogP contribution >= 0.6 is 15.9 Å². The maximum Gasteiger partial charge on any atom is 0.00719 e. The number of halogens is 1. The quantitative estimate of drug-likeness (QED) is 0.431. The first-order valence-corrected chi connectivity index (χ1v) is 3.45. The lowest BCUT2D eigenvalue weighted by Gasteiger charge is -1.72. The van der Waals surface area contributed by atoms with E-state index >= 15 is 0 Å².